The maximum absolute atomic E-state index is 12.9. The van der Waals surface area contributed by atoms with Crippen molar-refractivity contribution in [3.8, 4) is 0 Å². The first kappa shape index (κ1) is 21.6. The van der Waals surface area contributed by atoms with E-state index in [0.717, 1.165) is 50.5 Å². The number of aryl methyl sites for hydroxylation is 1. The summed E-state index contributed by atoms with van der Waals surface area (Å²) in [5.41, 5.74) is 3.44. The first-order chi connectivity index (χ1) is 14.1. The van der Waals surface area contributed by atoms with Gasteiger partial charge in [0.2, 0.25) is 0 Å². The lowest BCUT2D eigenvalue weighted by molar-refractivity contribution is 0.0906. The van der Waals surface area contributed by atoms with Gasteiger partial charge in [0.15, 0.2) is 0 Å². The second kappa shape index (κ2) is 10.6. The zero-order valence-electron chi connectivity index (χ0n) is 18.2. The van der Waals surface area contributed by atoms with Crippen LogP contribution in [0.15, 0.2) is 54.6 Å². The Kier molecular flexibility index (Phi) is 7.88. The fraction of sp³-hybridized carbons (Fsp3) is 0.500. The Bertz CT molecular complexity index is 763. The van der Waals surface area contributed by atoms with Crippen LogP contribution in [0, 0.1) is 5.92 Å². The van der Waals surface area contributed by atoms with Crippen LogP contribution in [0.2, 0.25) is 0 Å². The molecule has 3 heteroatoms. The molecule has 0 spiro atoms. The summed E-state index contributed by atoms with van der Waals surface area (Å²) >= 11 is 0. The molecule has 0 radical (unpaired) electrons. The molecule has 1 atom stereocenters. The molecule has 1 aliphatic rings. The molecule has 0 saturated heterocycles. The predicted molar refractivity (Wildman–Crippen MR) is 121 cm³/mol. The Hall–Kier alpha value is -2.13. The average molecular weight is 393 g/mol. The molecule has 0 heterocycles. The third kappa shape index (κ3) is 5.70. The van der Waals surface area contributed by atoms with Crippen LogP contribution in [0.1, 0.15) is 73.0 Å². The number of nitrogens with zero attached hydrogens (tertiary/aromatic N) is 1. The van der Waals surface area contributed by atoms with Crippen LogP contribution in [0.25, 0.3) is 0 Å². The molecule has 1 amide bonds. The molecule has 0 aliphatic heterocycles. The van der Waals surface area contributed by atoms with Crippen LogP contribution in [0.3, 0.4) is 0 Å². The minimum Gasteiger partial charge on any atom is -0.349 e. The highest BCUT2D eigenvalue weighted by Crippen LogP contribution is 2.37. The van der Waals surface area contributed by atoms with Gasteiger partial charge in [0, 0.05) is 17.6 Å². The van der Waals surface area contributed by atoms with Crippen molar-refractivity contribution in [1.82, 2.24) is 10.2 Å². The molecule has 156 valence electrons. The number of carbonyl (C=O) groups excluding carboxylic acids is 1. The molecule has 0 aromatic heterocycles. The number of hydrogen-bond acceptors (Lipinski definition) is 2. The second-order valence-electron chi connectivity index (χ2n) is 8.66. The van der Waals surface area contributed by atoms with E-state index in [1.54, 1.807) is 0 Å². The number of rotatable bonds is 8. The van der Waals surface area contributed by atoms with Crippen molar-refractivity contribution in [2.24, 2.45) is 5.92 Å². The van der Waals surface area contributed by atoms with Gasteiger partial charge < -0.3 is 10.2 Å². The number of amides is 1. The van der Waals surface area contributed by atoms with E-state index in [9.17, 15) is 4.79 Å². The normalized spacial score (nSPS) is 20.4. The van der Waals surface area contributed by atoms with E-state index in [4.69, 9.17) is 0 Å². The third-order valence-corrected chi connectivity index (χ3v) is 6.31. The third-order valence-electron chi connectivity index (χ3n) is 6.31. The Morgan fingerprint density at radius 2 is 1.66 bits per heavy atom. The van der Waals surface area contributed by atoms with Gasteiger partial charge in [-0.1, -0.05) is 61.9 Å². The summed E-state index contributed by atoms with van der Waals surface area (Å²) in [4.78, 5) is 15.3. The topological polar surface area (TPSA) is 32.3 Å². The minimum atomic E-state index is 0.104. The fourth-order valence-electron chi connectivity index (χ4n) is 4.81. The van der Waals surface area contributed by atoms with Gasteiger partial charge in [-0.05, 0) is 75.7 Å². The van der Waals surface area contributed by atoms with E-state index in [2.05, 4.69) is 67.6 Å². The van der Waals surface area contributed by atoms with E-state index in [0.29, 0.717) is 12.0 Å². The van der Waals surface area contributed by atoms with Crippen molar-refractivity contribution < 1.29 is 4.79 Å². The van der Waals surface area contributed by atoms with Crippen molar-refractivity contribution >= 4 is 5.91 Å². The van der Waals surface area contributed by atoms with Crippen molar-refractivity contribution in [2.75, 3.05) is 14.1 Å². The monoisotopic (exact) mass is 392 g/mol. The van der Waals surface area contributed by atoms with Crippen molar-refractivity contribution in [2.45, 2.75) is 64.0 Å². The van der Waals surface area contributed by atoms with Gasteiger partial charge in [0.25, 0.3) is 5.91 Å². The van der Waals surface area contributed by atoms with Gasteiger partial charge in [-0.25, -0.2) is 0 Å². The Balaban J connectivity index is 1.59. The quantitative estimate of drug-likeness (QED) is 0.632. The summed E-state index contributed by atoms with van der Waals surface area (Å²) in [7, 11) is 4.36. The molecule has 2 aromatic carbocycles. The fourth-order valence-corrected chi connectivity index (χ4v) is 4.81. The summed E-state index contributed by atoms with van der Waals surface area (Å²) in [5.74, 6) is 0.741. The van der Waals surface area contributed by atoms with Crippen molar-refractivity contribution in [3.63, 3.8) is 0 Å². The largest absolute Gasteiger partial charge is 0.349 e. The van der Waals surface area contributed by atoms with E-state index in [-0.39, 0.29) is 11.9 Å². The standard InChI is InChI=1S/C26H36N2O/c1-4-5-11-20-12-9-10-15-24(20)26(29)27-23-18-16-22(17-19-23)25(28(2)3)21-13-7-6-8-14-21/h6-10,12-15,22-23,25H,4-5,11,16-19H2,1-3H3,(H,27,29). The average Bonchev–Trinajstić information content (AvgIpc) is 2.74. The van der Waals surface area contributed by atoms with Crippen molar-refractivity contribution in [3.05, 3.63) is 71.3 Å². The molecule has 0 bridgehead atoms. The molecule has 1 fully saturated rings. The summed E-state index contributed by atoms with van der Waals surface area (Å²) in [6.07, 6.45) is 7.68. The van der Waals surface area contributed by atoms with Crippen LogP contribution in [0.5, 0.6) is 0 Å². The van der Waals surface area contributed by atoms with Crippen LogP contribution >= 0.6 is 0 Å². The summed E-state index contributed by atoms with van der Waals surface area (Å²) in [6, 6.07) is 19.7. The van der Waals surface area contributed by atoms with Crippen LogP contribution < -0.4 is 5.32 Å². The number of nitrogens with one attached hydrogen (secondary N) is 1. The van der Waals surface area contributed by atoms with E-state index in [1.165, 1.54) is 11.1 Å². The predicted octanol–water partition coefficient (Wildman–Crippen LogP) is 5.62. The second-order valence-corrected chi connectivity index (χ2v) is 8.66. The van der Waals surface area contributed by atoms with Gasteiger partial charge in [0.05, 0.1) is 0 Å². The molecule has 1 aliphatic carbocycles. The summed E-state index contributed by atoms with van der Waals surface area (Å²) < 4.78 is 0. The van der Waals surface area contributed by atoms with E-state index >= 15 is 0 Å². The Labute approximate surface area is 176 Å². The van der Waals surface area contributed by atoms with Crippen LogP contribution in [0.4, 0.5) is 0 Å². The number of benzene rings is 2. The maximum atomic E-state index is 12.9. The number of unbranched alkanes of at least 4 members (excludes halogenated alkanes) is 1. The van der Waals surface area contributed by atoms with Gasteiger partial charge in [-0.3, -0.25) is 4.79 Å². The molecule has 29 heavy (non-hydrogen) atoms. The highest BCUT2D eigenvalue weighted by Gasteiger charge is 2.30. The molecule has 1 N–H and O–H groups in total. The molecule has 3 rings (SSSR count). The Morgan fingerprint density at radius 1 is 1.00 bits per heavy atom. The molecule has 3 nitrogen and oxygen atoms in total. The highest BCUT2D eigenvalue weighted by atomic mass is 16.1. The smallest absolute Gasteiger partial charge is 0.251 e. The van der Waals surface area contributed by atoms with E-state index < -0.39 is 0 Å². The summed E-state index contributed by atoms with van der Waals surface area (Å²) in [5, 5.41) is 3.33. The zero-order chi connectivity index (χ0) is 20.6. The first-order valence-corrected chi connectivity index (χ1v) is 11.2. The molecular formula is C26H36N2O. The van der Waals surface area contributed by atoms with Gasteiger partial charge in [-0.15, -0.1) is 0 Å². The molecular weight excluding hydrogens is 356 g/mol. The van der Waals surface area contributed by atoms with Crippen LogP contribution in [-0.2, 0) is 6.42 Å². The zero-order valence-corrected chi connectivity index (χ0v) is 18.2. The SMILES string of the molecule is CCCCc1ccccc1C(=O)NC1CCC(C(c2ccccc2)N(C)C)CC1. The minimum absolute atomic E-state index is 0.104. The Morgan fingerprint density at radius 3 is 2.31 bits per heavy atom. The highest BCUT2D eigenvalue weighted by molar-refractivity contribution is 5.95. The first-order valence-electron chi connectivity index (χ1n) is 11.2. The lowest BCUT2D eigenvalue weighted by Gasteiger charge is -2.37. The molecule has 1 unspecified atom stereocenters. The summed E-state index contributed by atoms with van der Waals surface area (Å²) in [6.45, 7) is 2.19. The van der Waals surface area contributed by atoms with Crippen LogP contribution in [-0.4, -0.2) is 30.9 Å². The number of hydrogen-bond donors (Lipinski definition) is 1. The van der Waals surface area contributed by atoms with Gasteiger partial charge >= 0.3 is 0 Å². The maximum Gasteiger partial charge on any atom is 0.251 e. The number of carbonyl (C=O) groups is 1. The molecule has 2 aromatic rings. The van der Waals surface area contributed by atoms with E-state index in [1.807, 2.05) is 18.2 Å². The lowest BCUT2D eigenvalue weighted by Crippen LogP contribution is -2.40. The van der Waals surface area contributed by atoms with Crippen molar-refractivity contribution in [1.29, 1.82) is 0 Å². The van der Waals surface area contributed by atoms with Gasteiger partial charge in [-0.2, -0.15) is 0 Å². The van der Waals surface area contributed by atoms with Gasteiger partial charge in [0.1, 0.15) is 0 Å². The lowest BCUT2D eigenvalue weighted by atomic mass is 9.78. The molecule has 1 saturated carbocycles.